The Labute approximate surface area is 198 Å². The van der Waals surface area contributed by atoms with Crippen molar-refractivity contribution in [1.82, 2.24) is 20.4 Å². The van der Waals surface area contributed by atoms with E-state index in [2.05, 4.69) is 43.6 Å². The molecule has 0 aromatic heterocycles. The van der Waals surface area contributed by atoms with Crippen LogP contribution in [0.4, 0.5) is 0 Å². The first kappa shape index (κ1) is 23.6. The molecular formula is C23H38IN5O. The molecule has 0 spiro atoms. The van der Waals surface area contributed by atoms with E-state index in [-0.39, 0.29) is 24.0 Å². The van der Waals surface area contributed by atoms with E-state index in [0.29, 0.717) is 6.04 Å². The molecule has 30 heavy (non-hydrogen) atoms. The summed E-state index contributed by atoms with van der Waals surface area (Å²) in [6.45, 7) is 6.70. The zero-order valence-electron chi connectivity index (χ0n) is 18.5. The number of hydrogen-bond donors (Lipinski definition) is 2. The highest BCUT2D eigenvalue weighted by molar-refractivity contribution is 14.0. The van der Waals surface area contributed by atoms with E-state index < -0.39 is 0 Å². The zero-order valence-corrected chi connectivity index (χ0v) is 20.8. The molecule has 2 saturated heterocycles. The number of nitrogens with one attached hydrogen (secondary N) is 2. The number of nitrogens with zero attached hydrogens (tertiary/aromatic N) is 3. The Morgan fingerprint density at radius 1 is 1.17 bits per heavy atom. The lowest BCUT2D eigenvalue weighted by Crippen LogP contribution is -2.44. The molecule has 2 N–H and O–H groups in total. The molecule has 2 atom stereocenters. The molecule has 0 bridgehead atoms. The number of aliphatic imine (C=N–C) groups is 1. The second-order valence-electron chi connectivity index (χ2n) is 8.75. The molecule has 3 aliphatic rings. The zero-order chi connectivity index (χ0) is 20.1. The molecule has 7 heteroatoms. The van der Waals surface area contributed by atoms with Crippen LogP contribution in [0.1, 0.15) is 43.7 Å². The number of ether oxygens (including phenoxy) is 1. The standard InChI is InChI=1S/C23H37N5O.HI/c1-24-23(25-15-18-10-13-28(17-18)20-8-9-20)26-16-22(27-11-3-4-12-27)19-6-5-7-21(14-19)29-2;/h5-7,14,18,20,22H,3-4,8-13,15-17H2,1-2H3,(H2,24,25,26);1H. The van der Waals surface area contributed by atoms with Crippen molar-refractivity contribution in [2.24, 2.45) is 10.9 Å². The van der Waals surface area contributed by atoms with Crippen LogP contribution in [-0.2, 0) is 0 Å². The third-order valence-electron chi connectivity index (χ3n) is 6.69. The van der Waals surface area contributed by atoms with Crippen LogP contribution >= 0.6 is 24.0 Å². The van der Waals surface area contributed by atoms with Gasteiger partial charge in [0, 0.05) is 32.7 Å². The first-order chi connectivity index (χ1) is 14.3. The van der Waals surface area contributed by atoms with Crippen molar-refractivity contribution in [1.29, 1.82) is 0 Å². The summed E-state index contributed by atoms with van der Waals surface area (Å²) in [6, 6.07) is 9.73. The van der Waals surface area contributed by atoms with E-state index in [9.17, 15) is 0 Å². The summed E-state index contributed by atoms with van der Waals surface area (Å²) < 4.78 is 5.46. The van der Waals surface area contributed by atoms with Gasteiger partial charge in [-0.2, -0.15) is 0 Å². The lowest BCUT2D eigenvalue weighted by molar-refractivity contribution is 0.245. The molecule has 1 aromatic carbocycles. The summed E-state index contributed by atoms with van der Waals surface area (Å²) in [6.07, 6.45) is 6.69. The van der Waals surface area contributed by atoms with Crippen molar-refractivity contribution < 1.29 is 4.74 Å². The van der Waals surface area contributed by atoms with Crippen LogP contribution in [0.5, 0.6) is 5.75 Å². The van der Waals surface area contributed by atoms with Crippen LogP contribution in [0.3, 0.4) is 0 Å². The van der Waals surface area contributed by atoms with E-state index in [1.807, 2.05) is 13.1 Å². The van der Waals surface area contributed by atoms with Gasteiger partial charge >= 0.3 is 0 Å². The summed E-state index contributed by atoms with van der Waals surface area (Å²) in [4.78, 5) is 9.74. The van der Waals surface area contributed by atoms with Crippen molar-refractivity contribution in [2.75, 3.05) is 53.4 Å². The molecule has 168 valence electrons. The van der Waals surface area contributed by atoms with E-state index in [1.165, 1.54) is 50.8 Å². The molecule has 6 nitrogen and oxygen atoms in total. The average molecular weight is 527 g/mol. The van der Waals surface area contributed by atoms with Gasteiger partial charge in [-0.05, 0) is 75.4 Å². The lowest BCUT2D eigenvalue weighted by atomic mass is 10.1. The molecule has 2 unspecified atom stereocenters. The van der Waals surface area contributed by atoms with Gasteiger partial charge in [0.05, 0.1) is 13.2 Å². The summed E-state index contributed by atoms with van der Waals surface area (Å²) in [5.41, 5.74) is 1.31. The molecular weight excluding hydrogens is 489 g/mol. The molecule has 3 fully saturated rings. The maximum Gasteiger partial charge on any atom is 0.191 e. The van der Waals surface area contributed by atoms with Gasteiger partial charge in [0.1, 0.15) is 5.75 Å². The van der Waals surface area contributed by atoms with Crippen molar-refractivity contribution in [2.45, 2.75) is 44.2 Å². The molecule has 0 radical (unpaired) electrons. The van der Waals surface area contributed by atoms with E-state index >= 15 is 0 Å². The fraction of sp³-hybridized carbons (Fsp3) is 0.696. The Hall–Kier alpha value is -1.06. The van der Waals surface area contributed by atoms with Crippen LogP contribution in [-0.4, -0.2) is 75.2 Å². The summed E-state index contributed by atoms with van der Waals surface area (Å²) >= 11 is 0. The number of methoxy groups -OCH3 is 1. The summed E-state index contributed by atoms with van der Waals surface area (Å²) in [7, 11) is 3.61. The van der Waals surface area contributed by atoms with Gasteiger partial charge in [0.2, 0.25) is 0 Å². The van der Waals surface area contributed by atoms with Gasteiger partial charge in [0.15, 0.2) is 5.96 Å². The first-order valence-electron chi connectivity index (χ1n) is 11.3. The van der Waals surface area contributed by atoms with E-state index in [4.69, 9.17) is 4.74 Å². The van der Waals surface area contributed by atoms with Crippen LogP contribution in [0.15, 0.2) is 29.3 Å². The maximum absolute atomic E-state index is 5.46. The molecule has 1 aliphatic carbocycles. The number of guanidine groups is 1. The van der Waals surface area contributed by atoms with Gasteiger partial charge in [0.25, 0.3) is 0 Å². The number of benzene rings is 1. The minimum atomic E-state index is 0. The molecule has 1 aromatic rings. The van der Waals surface area contributed by atoms with Gasteiger partial charge in [-0.1, -0.05) is 12.1 Å². The number of likely N-dealkylation sites (tertiary alicyclic amines) is 2. The Morgan fingerprint density at radius 3 is 2.67 bits per heavy atom. The van der Waals surface area contributed by atoms with Crippen LogP contribution in [0, 0.1) is 5.92 Å². The third-order valence-corrected chi connectivity index (χ3v) is 6.69. The second-order valence-corrected chi connectivity index (χ2v) is 8.75. The third kappa shape index (κ3) is 6.23. The minimum absolute atomic E-state index is 0. The second kappa shape index (κ2) is 11.5. The van der Waals surface area contributed by atoms with Crippen LogP contribution < -0.4 is 15.4 Å². The van der Waals surface area contributed by atoms with Gasteiger partial charge in [-0.15, -0.1) is 24.0 Å². The first-order valence-corrected chi connectivity index (χ1v) is 11.3. The largest absolute Gasteiger partial charge is 0.497 e. The Bertz CT molecular complexity index is 690. The van der Waals surface area contributed by atoms with Crippen molar-refractivity contribution in [3.05, 3.63) is 29.8 Å². The quantitative estimate of drug-likeness (QED) is 0.309. The van der Waals surface area contributed by atoms with Crippen LogP contribution in [0.25, 0.3) is 0 Å². The normalized spacial score (nSPS) is 23.8. The number of rotatable bonds is 8. The fourth-order valence-electron chi connectivity index (χ4n) is 4.82. The van der Waals surface area contributed by atoms with E-state index in [0.717, 1.165) is 49.8 Å². The van der Waals surface area contributed by atoms with E-state index in [1.54, 1.807) is 7.11 Å². The Balaban J connectivity index is 0.00000256. The lowest BCUT2D eigenvalue weighted by Gasteiger charge is -2.29. The van der Waals surface area contributed by atoms with Gasteiger partial charge < -0.3 is 20.3 Å². The average Bonchev–Trinajstić information content (AvgIpc) is 3.26. The highest BCUT2D eigenvalue weighted by Crippen LogP contribution is 2.31. The smallest absolute Gasteiger partial charge is 0.191 e. The monoisotopic (exact) mass is 527 g/mol. The fourth-order valence-corrected chi connectivity index (χ4v) is 4.82. The summed E-state index contributed by atoms with van der Waals surface area (Å²) in [5, 5.41) is 7.18. The van der Waals surface area contributed by atoms with Crippen molar-refractivity contribution in [3.8, 4) is 5.75 Å². The van der Waals surface area contributed by atoms with Gasteiger partial charge in [-0.25, -0.2) is 0 Å². The van der Waals surface area contributed by atoms with Gasteiger partial charge in [-0.3, -0.25) is 9.89 Å². The number of hydrogen-bond acceptors (Lipinski definition) is 4. The maximum atomic E-state index is 5.46. The van der Waals surface area contributed by atoms with Crippen molar-refractivity contribution >= 4 is 29.9 Å². The van der Waals surface area contributed by atoms with Crippen LogP contribution in [0.2, 0.25) is 0 Å². The highest BCUT2D eigenvalue weighted by Gasteiger charge is 2.34. The number of halogens is 1. The highest BCUT2D eigenvalue weighted by atomic mass is 127. The predicted molar refractivity (Wildman–Crippen MR) is 134 cm³/mol. The summed E-state index contributed by atoms with van der Waals surface area (Å²) in [5.74, 6) is 2.58. The molecule has 2 aliphatic heterocycles. The van der Waals surface area contributed by atoms with Crippen molar-refractivity contribution in [3.63, 3.8) is 0 Å². The molecule has 4 rings (SSSR count). The predicted octanol–water partition coefficient (Wildman–Crippen LogP) is 3.10. The minimum Gasteiger partial charge on any atom is -0.497 e. The SMILES string of the molecule is CN=C(NCC1CCN(C2CC2)C1)NCC(c1cccc(OC)c1)N1CCCC1.I. The topological polar surface area (TPSA) is 52.1 Å². The molecule has 0 amide bonds. The Morgan fingerprint density at radius 2 is 1.97 bits per heavy atom. The Kier molecular flexibility index (Phi) is 9.07. The molecule has 2 heterocycles. The molecule has 1 saturated carbocycles.